The Hall–Kier alpha value is -0.770. The third-order valence-corrected chi connectivity index (χ3v) is 3.99. The van der Waals surface area contributed by atoms with Crippen LogP contribution in [-0.4, -0.2) is 20.5 Å². The van der Waals surface area contributed by atoms with Crippen LogP contribution in [0.5, 0.6) is 0 Å². The highest BCUT2D eigenvalue weighted by Gasteiger charge is 2.36. The Morgan fingerprint density at radius 3 is 2.75 bits per heavy atom. The summed E-state index contributed by atoms with van der Waals surface area (Å²) in [6.07, 6.45) is 9.51. The lowest BCUT2D eigenvalue weighted by atomic mass is 10.4. The minimum absolute atomic E-state index is 0.707. The highest BCUT2D eigenvalue weighted by molar-refractivity contribution is 7.99. The molecule has 1 aromatic heterocycles. The maximum absolute atomic E-state index is 4.39. The van der Waals surface area contributed by atoms with Crippen LogP contribution in [0, 0.1) is 0 Å². The van der Waals surface area contributed by atoms with E-state index >= 15 is 0 Å². The Kier molecular flexibility index (Phi) is 2.75. The van der Waals surface area contributed by atoms with E-state index in [0.717, 1.165) is 10.9 Å². The molecule has 2 fully saturated rings. The quantitative estimate of drug-likeness (QED) is 0.580. The number of thioether (sulfide) groups is 1. The van der Waals surface area contributed by atoms with Gasteiger partial charge in [-0.25, -0.2) is 0 Å². The molecule has 4 heteroatoms. The van der Waals surface area contributed by atoms with Gasteiger partial charge in [-0.15, -0.1) is 10.2 Å². The van der Waals surface area contributed by atoms with Crippen molar-refractivity contribution in [2.75, 3.05) is 5.75 Å². The fraction of sp³-hybridized carbons (Fsp3) is 0.667. The van der Waals surface area contributed by atoms with E-state index in [-0.39, 0.29) is 0 Å². The normalized spacial score (nSPS) is 20.8. The molecule has 2 aliphatic carbocycles. The summed E-state index contributed by atoms with van der Waals surface area (Å²) < 4.78 is 2.41. The van der Waals surface area contributed by atoms with E-state index in [4.69, 9.17) is 0 Å². The summed E-state index contributed by atoms with van der Waals surface area (Å²) in [6, 6.07) is 0.707. The van der Waals surface area contributed by atoms with Gasteiger partial charge in [0.1, 0.15) is 5.82 Å². The molecular weight excluding hydrogens is 218 g/mol. The fourth-order valence-electron chi connectivity index (χ4n) is 1.90. The number of hydrogen-bond acceptors (Lipinski definition) is 3. The zero-order chi connectivity index (χ0) is 11.0. The summed E-state index contributed by atoms with van der Waals surface area (Å²) in [5.41, 5.74) is 0. The van der Waals surface area contributed by atoms with Crippen molar-refractivity contribution in [2.24, 2.45) is 0 Å². The van der Waals surface area contributed by atoms with Gasteiger partial charge in [-0.3, -0.25) is 0 Å². The summed E-state index contributed by atoms with van der Waals surface area (Å²) in [5, 5.41) is 9.87. The Balaban J connectivity index is 1.80. The van der Waals surface area contributed by atoms with Gasteiger partial charge in [0, 0.05) is 17.7 Å². The van der Waals surface area contributed by atoms with E-state index in [2.05, 4.69) is 33.8 Å². The average molecular weight is 235 g/mol. The number of aromatic nitrogens is 3. The summed E-state index contributed by atoms with van der Waals surface area (Å²) in [4.78, 5) is 0. The van der Waals surface area contributed by atoms with Crippen LogP contribution >= 0.6 is 11.8 Å². The van der Waals surface area contributed by atoms with E-state index in [0.29, 0.717) is 12.0 Å². The summed E-state index contributed by atoms with van der Waals surface area (Å²) in [5.74, 6) is 2.97. The number of nitrogens with zero attached hydrogens (tertiary/aromatic N) is 3. The maximum Gasteiger partial charge on any atom is 0.191 e. The molecule has 1 aromatic rings. The van der Waals surface area contributed by atoms with E-state index in [1.807, 2.05) is 11.8 Å². The molecule has 1 heterocycles. The van der Waals surface area contributed by atoms with Gasteiger partial charge in [0.2, 0.25) is 0 Å². The predicted octanol–water partition coefficient (Wildman–Crippen LogP) is 3.16. The zero-order valence-electron chi connectivity index (χ0n) is 9.59. The lowest BCUT2D eigenvalue weighted by Gasteiger charge is -2.06. The molecule has 0 radical (unpaired) electrons. The fourth-order valence-corrected chi connectivity index (χ4v) is 2.82. The largest absolute Gasteiger partial charge is 0.303 e. The van der Waals surface area contributed by atoms with E-state index < -0.39 is 0 Å². The van der Waals surface area contributed by atoms with Crippen molar-refractivity contribution in [3.63, 3.8) is 0 Å². The van der Waals surface area contributed by atoms with Crippen LogP contribution in [0.3, 0.4) is 0 Å². The molecule has 86 valence electrons. The lowest BCUT2D eigenvalue weighted by Crippen LogP contribution is -2.01. The molecule has 0 atom stereocenters. The molecule has 0 aliphatic heterocycles. The third kappa shape index (κ3) is 2.03. The van der Waals surface area contributed by atoms with Crippen LogP contribution in [0.1, 0.15) is 50.4 Å². The van der Waals surface area contributed by atoms with Crippen LogP contribution < -0.4 is 0 Å². The molecule has 0 saturated heterocycles. The third-order valence-electron chi connectivity index (χ3n) is 3.09. The van der Waals surface area contributed by atoms with Crippen LogP contribution in [0.25, 0.3) is 0 Å². The number of rotatable bonds is 5. The topological polar surface area (TPSA) is 30.7 Å². The maximum atomic E-state index is 4.39. The van der Waals surface area contributed by atoms with Gasteiger partial charge in [-0.05, 0) is 32.6 Å². The number of hydrogen-bond donors (Lipinski definition) is 0. The van der Waals surface area contributed by atoms with Crippen molar-refractivity contribution in [1.29, 1.82) is 0 Å². The van der Waals surface area contributed by atoms with Crippen molar-refractivity contribution >= 4 is 11.8 Å². The number of allylic oxidation sites excluding steroid dienone is 1. The molecule has 3 rings (SSSR count). The molecule has 0 bridgehead atoms. The monoisotopic (exact) mass is 235 g/mol. The van der Waals surface area contributed by atoms with Crippen molar-refractivity contribution in [2.45, 2.75) is 49.7 Å². The predicted molar refractivity (Wildman–Crippen MR) is 65.8 cm³/mol. The summed E-state index contributed by atoms with van der Waals surface area (Å²) >= 11 is 1.81. The first kappa shape index (κ1) is 10.4. The second-order valence-electron chi connectivity index (χ2n) is 4.60. The first-order valence-electron chi connectivity index (χ1n) is 6.09. The van der Waals surface area contributed by atoms with Crippen LogP contribution in [0.4, 0.5) is 0 Å². The van der Waals surface area contributed by atoms with E-state index in [1.54, 1.807) is 0 Å². The van der Waals surface area contributed by atoms with Gasteiger partial charge in [0.15, 0.2) is 5.16 Å². The van der Waals surface area contributed by atoms with Gasteiger partial charge >= 0.3 is 0 Å². The Morgan fingerprint density at radius 2 is 2.12 bits per heavy atom. The van der Waals surface area contributed by atoms with Gasteiger partial charge in [-0.2, -0.15) is 0 Å². The van der Waals surface area contributed by atoms with Crippen molar-refractivity contribution in [1.82, 2.24) is 14.8 Å². The smallest absolute Gasteiger partial charge is 0.191 e. The first-order valence-corrected chi connectivity index (χ1v) is 7.07. The lowest BCUT2D eigenvalue weighted by molar-refractivity contribution is 0.627. The highest BCUT2D eigenvalue weighted by Crippen LogP contribution is 2.45. The molecule has 0 spiro atoms. The Bertz CT molecular complexity index is 402. The van der Waals surface area contributed by atoms with E-state index in [1.165, 1.54) is 31.5 Å². The summed E-state index contributed by atoms with van der Waals surface area (Å²) in [6.45, 7) is 2.06. The molecule has 0 unspecified atom stereocenters. The first-order chi connectivity index (χ1) is 7.90. The highest BCUT2D eigenvalue weighted by atomic mass is 32.2. The van der Waals surface area contributed by atoms with Crippen molar-refractivity contribution < 1.29 is 0 Å². The summed E-state index contributed by atoms with van der Waals surface area (Å²) in [7, 11) is 0. The zero-order valence-corrected chi connectivity index (χ0v) is 10.4. The van der Waals surface area contributed by atoms with Gasteiger partial charge in [0.25, 0.3) is 0 Å². The van der Waals surface area contributed by atoms with Crippen molar-refractivity contribution in [3.05, 3.63) is 18.0 Å². The SMILES string of the molecule is CC=CCSc1nnc(C2CC2)n1C1CC1. The average Bonchev–Trinajstić information content (AvgIpc) is 3.19. The molecule has 2 aliphatic rings. The standard InChI is InChI=1S/C12H17N3S/c1-2-3-8-16-12-14-13-11(9-4-5-9)15(12)10-6-7-10/h2-3,9-10H,4-8H2,1H3. The van der Waals surface area contributed by atoms with Gasteiger partial charge in [-0.1, -0.05) is 23.9 Å². The second kappa shape index (κ2) is 4.24. The molecule has 16 heavy (non-hydrogen) atoms. The molecule has 2 saturated carbocycles. The molecule has 0 amide bonds. The van der Waals surface area contributed by atoms with Crippen LogP contribution in [0.15, 0.2) is 17.3 Å². The van der Waals surface area contributed by atoms with Crippen molar-refractivity contribution in [3.8, 4) is 0 Å². The molecule has 3 nitrogen and oxygen atoms in total. The van der Waals surface area contributed by atoms with E-state index in [9.17, 15) is 0 Å². The Morgan fingerprint density at radius 1 is 1.31 bits per heavy atom. The molecule has 0 aromatic carbocycles. The van der Waals surface area contributed by atoms with Crippen LogP contribution in [-0.2, 0) is 0 Å². The van der Waals surface area contributed by atoms with Gasteiger partial charge in [0.05, 0.1) is 0 Å². The minimum Gasteiger partial charge on any atom is -0.303 e. The second-order valence-corrected chi connectivity index (χ2v) is 5.58. The van der Waals surface area contributed by atoms with Gasteiger partial charge < -0.3 is 4.57 Å². The minimum atomic E-state index is 0.707. The molecular formula is C12H17N3S. The van der Waals surface area contributed by atoms with Crippen LogP contribution in [0.2, 0.25) is 0 Å². The molecule has 0 N–H and O–H groups in total. The Labute approximate surface area is 100 Å².